The van der Waals surface area contributed by atoms with E-state index in [1.165, 1.54) is 30.7 Å². The Morgan fingerprint density at radius 1 is 0.583 bits per heavy atom. The molecule has 4 rings (SSSR count). The molecular weight excluding hydrogens is 368 g/mol. The molecule has 24 heavy (non-hydrogen) atoms. The van der Waals surface area contributed by atoms with Crippen molar-refractivity contribution < 1.29 is 0 Å². The van der Waals surface area contributed by atoms with Gasteiger partial charge in [0.1, 0.15) is 0 Å². The van der Waals surface area contributed by atoms with Gasteiger partial charge >= 0.3 is 0 Å². The molecule has 2 atom stereocenters. The van der Waals surface area contributed by atoms with Crippen LogP contribution < -0.4 is 0 Å². The monoisotopic (exact) mass is 390 g/mol. The standard InChI is InChI=1S/C20H22S4/c1-11(2)13-5-7-15-17(9-13)23-19(21-15)20-22-16-8-6-14(12(3)4)10-18(16)24-20/h5-12,19-20H,1-4H3. The summed E-state index contributed by atoms with van der Waals surface area (Å²) >= 11 is 8.25. The summed E-state index contributed by atoms with van der Waals surface area (Å²) in [5.41, 5.74) is 2.91. The Kier molecular flexibility index (Phi) is 4.94. The number of fused-ring (bicyclic) bond motifs is 2. The maximum absolute atomic E-state index is 2.41. The smallest absolute Gasteiger partial charge is 0.0814 e. The molecule has 0 amide bonds. The van der Waals surface area contributed by atoms with Gasteiger partial charge < -0.3 is 0 Å². The number of hydrogen-bond donors (Lipinski definition) is 0. The van der Waals surface area contributed by atoms with Gasteiger partial charge in [0.15, 0.2) is 0 Å². The van der Waals surface area contributed by atoms with Crippen molar-refractivity contribution >= 4 is 47.0 Å². The minimum atomic E-state index is 0.604. The van der Waals surface area contributed by atoms with Gasteiger partial charge in [-0.25, -0.2) is 0 Å². The molecule has 126 valence electrons. The quantitative estimate of drug-likeness (QED) is 0.526. The van der Waals surface area contributed by atoms with E-state index in [1.54, 1.807) is 0 Å². The van der Waals surface area contributed by atoms with Crippen LogP contribution in [0.25, 0.3) is 0 Å². The summed E-state index contributed by atoms with van der Waals surface area (Å²) in [5.74, 6) is 1.21. The molecule has 2 aromatic carbocycles. The van der Waals surface area contributed by atoms with Crippen LogP contribution in [0.15, 0.2) is 56.0 Å². The van der Waals surface area contributed by atoms with Gasteiger partial charge in [0.25, 0.3) is 0 Å². The minimum Gasteiger partial charge on any atom is -0.108 e. The fourth-order valence-electron chi connectivity index (χ4n) is 2.92. The molecular formula is C20H22S4. The highest BCUT2D eigenvalue weighted by molar-refractivity contribution is 8.26. The Labute approximate surface area is 162 Å². The van der Waals surface area contributed by atoms with Crippen LogP contribution in [0.2, 0.25) is 0 Å². The van der Waals surface area contributed by atoms with Gasteiger partial charge in [-0.3, -0.25) is 0 Å². The van der Waals surface area contributed by atoms with Crippen molar-refractivity contribution in [3.05, 3.63) is 47.5 Å². The number of benzene rings is 2. The predicted octanol–water partition coefficient (Wildman–Crippen LogP) is 7.68. The molecule has 2 unspecified atom stereocenters. The Morgan fingerprint density at radius 3 is 1.33 bits per heavy atom. The van der Waals surface area contributed by atoms with E-state index in [-0.39, 0.29) is 0 Å². The molecule has 0 nitrogen and oxygen atoms in total. The SMILES string of the molecule is CC(C)c1ccc2c(c1)SC(C1Sc3ccc(C(C)C)cc3S1)S2. The zero-order chi connectivity index (χ0) is 16.8. The van der Waals surface area contributed by atoms with Gasteiger partial charge in [0, 0.05) is 19.6 Å². The molecule has 2 heterocycles. The Balaban J connectivity index is 1.51. The van der Waals surface area contributed by atoms with Gasteiger partial charge in [0.2, 0.25) is 0 Å². The first-order valence-electron chi connectivity index (χ1n) is 8.46. The highest BCUT2D eigenvalue weighted by Crippen LogP contribution is 2.59. The van der Waals surface area contributed by atoms with Gasteiger partial charge in [-0.1, -0.05) is 39.8 Å². The first-order valence-corrected chi connectivity index (χ1v) is 12.0. The van der Waals surface area contributed by atoms with Gasteiger partial charge in [0.05, 0.1) is 9.16 Å². The van der Waals surface area contributed by atoms with Gasteiger partial charge in [-0.15, -0.1) is 47.0 Å². The van der Waals surface area contributed by atoms with E-state index < -0.39 is 0 Å². The normalized spacial score (nSPS) is 22.2. The maximum Gasteiger partial charge on any atom is 0.0814 e. The first-order chi connectivity index (χ1) is 11.5. The third-order valence-electron chi connectivity index (χ3n) is 4.46. The lowest BCUT2D eigenvalue weighted by Gasteiger charge is -2.14. The van der Waals surface area contributed by atoms with Crippen molar-refractivity contribution in [2.75, 3.05) is 0 Å². The Hall–Kier alpha value is -0.160. The van der Waals surface area contributed by atoms with Crippen molar-refractivity contribution in [1.29, 1.82) is 0 Å². The zero-order valence-electron chi connectivity index (χ0n) is 14.4. The van der Waals surface area contributed by atoms with Crippen LogP contribution in [-0.2, 0) is 0 Å². The molecule has 0 aliphatic carbocycles. The van der Waals surface area contributed by atoms with Crippen LogP contribution in [0.4, 0.5) is 0 Å². The topological polar surface area (TPSA) is 0 Å². The Morgan fingerprint density at radius 2 is 0.958 bits per heavy atom. The third kappa shape index (κ3) is 3.27. The molecule has 0 spiro atoms. The molecule has 2 aliphatic rings. The largest absolute Gasteiger partial charge is 0.108 e. The number of rotatable bonds is 3. The van der Waals surface area contributed by atoms with Crippen molar-refractivity contribution in [3.63, 3.8) is 0 Å². The summed E-state index contributed by atoms with van der Waals surface area (Å²) in [6, 6.07) is 14.1. The first kappa shape index (κ1) is 17.3. The molecule has 0 saturated heterocycles. The van der Waals surface area contributed by atoms with Gasteiger partial charge in [-0.05, 0) is 47.2 Å². The van der Waals surface area contributed by atoms with Crippen LogP contribution >= 0.6 is 47.0 Å². The summed E-state index contributed by atoms with van der Waals surface area (Å²) in [6.07, 6.45) is 0. The highest BCUT2D eigenvalue weighted by Gasteiger charge is 2.36. The van der Waals surface area contributed by atoms with Crippen molar-refractivity contribution in [2.45, 2.75) is 68.3 Å². The molecule has 0 fully saturated rings. The fraction of sp³-hybridized carbons (Fsp3) is 0.400. The number of thioether (sulfide) groups is 4. The second kappa shape index (κ2) is 6.86. The van der Waals surface area contributed by atoms with E-state index in [4.69, 9.17) is 0 Å². The van der Waals surface area contributed by atoms with Crippen LogP contribution in [0.3, 0.4) is 0 Å². The summed E-state index contributed by atoms with van der Waals surface area (Å²) in [5, 5.41) is 0. The van der Waals surface area contributed by atoms with Crippen molar-refractivity contribution in [1.82, 2.24) is 0 Å². The van der Waals surface area contributed by atoms with Crippen LogP contribution in [-0.4, -0.2) is 9.16 Å². The van der Waals surface area contributed by atoms with E-state index in [1.807, 2.05) is 0 Å². The third-order valence-corrected chi connectivity index (χ3v) is 11.0. The molecule has 0 saturated carbocycles. The Bertz CT molecular complexity index is 701. The average molecular weight is 391 g/mol. The molecule has 4 heteroatoms. The van der Waals surface area contributed by atoms with Crippen molar-refractivity contribution in [3.8, 4) is 0 Å². The van der Waals surface area contributed by atoms with Crippen molar-refractivity contribution in [2.24, 2.45) is 0 Å². The van der Waals surface area contributed by atoms with E-state index in [9.17, 15) is 0 Å². The maximum atomic E-state index is 2.41. The van der Waals surface area contributed by atoms with E-state index >= 15 is 0 Å². The second-order valence-electron chi connectivity index (χ2n) is 6.93. The molecule has 2 aliphatic heterocycles. The minimum absolute atomic E-state index is 0.604. The molecule has 2 aromatic rings. The summed E-state index contributed by atoms with van der Waals surface area (Å²) < 4.78 is 1.21. The molecule has 0 radical (unpaired) electrons. The molecule has 0 N–H and O–H groups in total. The van der Waals surface area contributed by atoms with E-state index in [2.05, 4.69) is 111 Å². The fourth-order valence-corrected chi connectivity index (χ4v) is 9.32. The molecule has 0 bridgehead atoms. The predicted molar refractivity (Wildman–Crippen MR) is 112 cm³/mol. The zero-order valence-corrected chi connectivity index (χ0v) is 17.7. The van der Waals surface area contributed by atoms with Crippen LogP contribution in [0.1, 0.15) is 50.7 Å². The number of hydrogen-bond acceptors (Lipinski definition) is 4. The van der Waals surface area contributed by atoms with Gasteiger partial charge in [-0.2, -0.15) is 0 Å². The summed E-state index contributed by atoms with van der Waals surface area (Å²) in [6.45, 7) is 9.10. The molecule has 0 aromatic heterocycles. The average Bonchev–Trinajstić information content (AvgIpc) is 3.16. The highest BCUT2D eigenvalue weighted by atomic mass is 32.2. The van der Waals surface area contributed by atoms with Crippen LogP contribution in [0, 0.1) is 0 Å². The van der Waals surface area contributed by atoms with E-state index in [0.29, 0.717) is 21.0 Å². The lowest BCUT2D eigenvalue weighted by molar-refractivity contribution is 0.858. The summed E-state index contributed by atoms with van der Waals surface area (Å²) in [7, 11) is 0. The van der Waals surface area contributed by atoms with Crippen LogP contribution in [0.5, 0.6) is 0 Å². The second-order valence-corrected chi connectivity index (χ2v) is 12.3. The lowest BCUT2D eigenvalue weighted by atomic mass is 10.0. The lowest BCUT2D eigenvalue weighted by Crippen LogP contribution is -2.06. The van der Waals surface area contributed by atoms with E-state index in [0.717, 1.165) is 0 Å². The summed E-state index contributed by atoms with van der Waals surface area (Å²) in [4.78, 5) is 5.90.